The lowest BCUT2D eigenvalue weighted by Gasteiger charge is -2.17. The van der Waals surface area contributed by atoms with Crippen LogP contribution < -0.4 is 5.32 Å². The van der Waals surface area contributed by atoms with Gasteiger partial charge in [-0.3, -0.25) is 0 Å². The first kappa shape index (κ1) is 17.1. The van der Waals surface area contributed by atoms with Gasteiger partial charge in [0.15, 0.2) is 0 Å². The van der Waals surface area contributed by atoms with Crippen LogP contribution in [-0.2, 0) is 9.53 Å². The number of unbranched alkanes of at least 4 members (excludes halogenated alkanes) is 2. The van der Waals surface area contributed by atoms with Crippen molar-refractivity contribution in [2.24, 2.45) is 0 Å². The monoisotopic (exact) mass is 295 g/mol. The van der Waals surface area contributed by atoms with Gasteiger partial charge in [-0.1, -0.05) is 36.8 Å². The maximum Gasteiger partial charge on any atom is 0.327 e. The second-order valence-electron chi connectivity index (χ2n) is 4.60. The van der Waals surface area contributed by atoms with E-state index in [0.717, 1.165) is 18.5 Å². The van der Waals surface area contributed by atoms with Crippen LogP contribution in [-0.4, -0.2) is 31.1 Å². The van der Waals surface area contributed by atoms with Crippen LogP contribution in [0.15, 0.2) is 30.3 Å². The van der Waals surface area contributed by atoms with E-state index >= 15 is 0 Å². The summed E-state index contributed by atoms with van der Waals surface area (Å²) in [6.45, 7) is 3.09. The molecule has 0 aliphatic heterocycles. The Bertz CT molecular complexity index is 370. The standard InChI is InChI=1S/C16H25NO2S/c1-3-19-16(18)15(14-10-6-4-7-11-14)17-12-8-5-9-13-20-2/h4,6-7,10-11,15,17H,3,5,8-9,12-13H2,1-2H3. The molecule has 1 N–H and O–H groups in total. The zero-order valence-corrected chi connectivity index (χ0v) is 13.2. The first-order chi connectivity index (χ1) is 9.79. The number of thioether (sulfide) groups is 1. The first-order valence-electron chi connectivity index (χ1n) is 7.23. The predicted molar refractivity (Wildman–Crippen MR) is 86.1 cm³/mol. The summed E-state index contributed by atoms with van der Waals surface area (Å²) in [7, 11) is 0. The van der Waals surface area contributed by atoms with Gasteiger partial charge in [0.25, 0.3) is 0 Å². The molecule has 0 spiro atoms. The minimum absolute atomic E-state index is 0.192. The highest BCUT2D eigenvalue weighted by atomic mass is 32.2. The summed E-state index contributed by atoms with van der Waals surface area (Å²) in [5, 5.41) is 3.32. The molecule has 1 aromatic carbocycles. The molecule has 112 valence electrons. The van der Waals surface area contributed by atoms with Gasteiger partial charge in [0.05, 0.1) is 6.61 Å². The smallest absolute Gasteiger partial charge is 0.327 e. The summed E-state index contributed by atoms with van der Waals surface area (Å²) in [6.07, 6.45) is 5.64. The number of esters is 1. The Morgan fingerprint density at radius 2 is 2.00 bits per heavy atom. The first-order valence-corrected chi connectivity index (χ1v) is 8.63. The van der Waals surface area contributed by atoms with Gasteiger partial charge >= 0.3 is 5.97 Å². The Morgan fingerprint density at radius 1 is 1.25 bits per heavy atom. The van der Waals surface area contributed by atoms with Crippen molar-refractivity contribution < 1.29 is 9.53 Å². The van der Waals surface area contributed by atoms with E-state index in [1.165, 1.54) is 18.6 Å². The molecule has 0 saturated heterocycles. The van der Waals surface area contributed by atoms with E-state index in [1.807, 2.05) is 49.0 Å². The Balaban J connectivity index is 2.45. The fraction of sp³-hybridized carbons (Fsp3) is 0.562. The quantitative estimate of drug-likeness (QED) is 0.530. The molecule has 0 bridgehead atoms. The number of rotatable bonds is 10. The third kappa shape index (κ3) is 6.44. The van der Waals surface area contributed by atoms with E-state index in [2.05, 4.69) is 11.6 Å². The van der Waals surface area contributed by atoms with Crippen molar-refractivity contribution in [1.29, 1.82) is 0 Å². The number of benzene rings is 1. The molecule has 0 heterocycles. The number of hydrogen-bond acceptors (Lipinski definition) is 4. The molecule has 1 rings (SSSR count). The maximum absolute atomic E-state index is 12.0. The minimum Gasteiger partial charge on any atom is -0.465 e. The normalized spacial score (nSPS) is 12.1. The second-order valence-corrected chi connectivity index (χ2v) is 5.59. The lowest BCUT2D eigenvalue weighted by Crippen LogP contribution is -2.31. The largest absolute Gasteiger partial charge is 0.465 e. The Labute approximate surface area is 126 Å². The molecule has 1 atom stereocenters. The van der Waals surface area contributed by atoms with Crippen molar-refractivity contribution in [1.82, 2.24) is 5.32 Å². The summed E-state index contributed by atoms with van der Waals surface area (Å²) in [6, 6.07) is 9.42. The van der Waals surface area contributed by atoms with Gasteiger partial charge in [-0.2, -0.15) is 11.8 Å². The number of ether oxygens (including phenoxy) is 1. The molecule has 0 aromatic heterocycles. The number of carbonyl (C=O) groups is 1. The van der Waals surface area contributed by atoms with Crippen LogP contribution in [0.25, 0.3) is 0 Å². The molecule has 0 amide bonds. The van der Waals surface area contributed by atoms with Gasteiger partial charge in [-0.25, -0.2) is 4.79 Å². The van der Waals surface area contributed by atoms with E-state index in [-0.39, 0.29) is 12.0 Å². The van der Waals surface area contributed by atoms with Crippen molar-refractivity contribution in [3.05, 3.63) is 35.9 Å². The van der Waals surface area contributed by atoms with Crippen molar-refractivity contribution in [2.45, 2.75) is 32.2 Å². The summed E-state index contributed by atoms with van der Waals surface area (Å²) in [4.78, 5) is 12.0. The summed E-state index contributed by atoms with van der Waals surface area (Å²) >= 11 is 1.88. The SMILES string of the molecule is CCOC(=O)C(NCCCCCSC)c1ccccc1. The highest BCUT2D eigenvalue weighted by Gasteiger charge is 2.20. The molecule has 4 heteroatoms. The second kappa shape index (κ2) is 10.7. The van der Waals surface area contributed by atoms with E-state index in [4.69, 9.17) is 4.74 Å². The Hall–Kier alpha value is -1.00. The van der Waals surface area contributed by atoms with Crippen LogP contribution in [0.2, 0.25) is 0 Å². The van der Waals surface area contributed by atoms with E-state index in [1.54, 1.807) is 0 Å². The molecule has 0 radical (unpaired) electrons. The highest BCUT2D eigenvalue weighted by Crippen LogP contribution is 2.14. The molecular weight excluding hydrogens is 270 g/mol. The summed E-state index contributed by atoms with van der Waals surface area (Å²) in [5.41, 5.74) is 0.968. The molecule has 0 aliphatic rings. The van der Waals surface area contributed by atoms with Crippen molar-refractivity contribution >= 4 is 17.7 Å². The van der Waals surface area contributed by atoms with Gasteiger partial charge in [0.1, 0.15) is 6.04 Å². The van der Waals surface area contributed by atoms with E-state index in [0.29, 0.717) is 6.61 Å². The number of nitrogens with one attached hydrogen (secondary N) is 1. The van der Waals surface area contributed by atoms with Crippen LogP contribution in [0.4, 0.5) is 0 Å². The van der Waals surface area contributed by atoms with Crippen LogP contribution >= 0.6 is 11.8 Å². The molecule has 0 fully saturated rings. The average Bonchev–Trinajstić information content (AvgIpc) is 2.47. The predicted octanol–water partition coefficient (Wildman–Crippen LogP) is 3.41. The summed E-state index contributed by atoms with van der Waals surface area (Å²) in [5.74, 6) is 1.02. The molecule has 1 unspecified atom stereocenters. The van der Waals surface area contributed by atoms with Gasteiger partial charge < -0.3 is 10.1 Å². The average molecular weight is 295 g/mol. The zero-order valence-electron chi connectivity index (χ0n) is 12.4. The fourth-order valence-corrected chi connectivity index (χ4v) is 2.50. The zero-order chi connectivity index (χ0) is 14.6. The van der Waals surface area contributed by atoms with Crippen LogP contribution in [0, 0.1) is 0 Å². The third-order valence-corrected chi connectivity index (χ3v) is 3.73. The van der Waals surface area contributed by atoms with Gasteiger partial charge in [-0.05, 0) is 43.9 Å². The maximum atomic E-state index is 12.0. The highest BCUT2D eigenvalue weighted by molar-refractivity contribution is 7.98. The topological polar surface area (TPSA) is 38.3 Å². The minimum atomic E-state index is -0.350. The molecule has 0 saturated carbocycles. The van der Waals surface area contributed by atoms with Crippen molar-refractivity contribution in [2.75, 3.05) is 25.2 Å². The number of carbonyl (C=O) groups excluding carboxylic acids is 1. The van der Waals surface area contributed by atoms with Crippen molar-refractivity contribution in [3.63, 3.8) is 0 Å². The lowest BCUT2D eigenvalue weighted by molar-refractivity contribution is -0.145. The van der Waals surface area contributed by atoms with Gasteiger partial charge in [0, 0.05) is 0 Å². The van der Waals surface area contributed by atoms with E-state index < -0.39 is 0 Å². The summed E-state index contributed by atoms with van der Waals surface area (Å²) < 4.78 is 5.15. The molecule has 3 nitrogen and oxygen atoms in total. The number of hydrogen-bond donors (Lipinski definition) is 1. The Morgan fingerprint density at radius 3 is 2.65 bits per heavy atom. The fourth-order valence-electron chi connectivity index (χ4n) is 2.00. The molecular formula is C16H25NO2S. The third-order valence-electron chi connectivity index (χ3n) is 3.03. The van der Waals surface area contributed by atoms with Crippen molar-refractivity contribution in [3.8, 4) is 0 Å². The van der Waals surface area contributed by atoms with Gasteiger partial charge in [0.2, 0.25) is 0 Å². The Kier molecular flexibility index (Phi) is 9.16. The molecule has 20 heavy (non-hydrogen) atoms. The van der Waals surface area contributed by atoms with Crippen LogP contribution in [0.5, 0.6) is 0 Å². The molecule has 1 aromatic rings. The molecule has 0 aliphatic carbocycles. The van der Waals surface area contributed by atoms with Crippen LogP contribution in [0.3, 0.4) is 0 Å². The van der Waals surface area contributed by atoms with E-state index in [9.17, 15) is 4.79 Å². The van der Waals surface area contributed by atoms with Gasteiger partial charge in [-0.15, -0.1) is 0 Å². The van der Waals surface area contributed by atoms with Crippen LogP contribution in [0.1, 0.15) is 37.8 Å². The lowest BCUT2D eigenvalue weighted by atomic mass is 10.1.